The fraction of sp³-hybridized carbons (Fsp3) is 0.417. The van der Waals surface area contributed by atoms with Gasteiger partial charge in [-0.3, -0.25) is 5.32 Å². The first kappa shape index (κ1) is 17.1. The highest BCUT2D eigenvalue weighted by atomic mass is 32.2. The van der Waals surface area contributed by atoms with Gasteiger partial charge in [-0.25, -0.2) is 18.4 Å². The molecule has 0 bridgehead atoms. The number of primary sulfonamides is 1. The van der Waals surface area contributed by atoms with Crippen LogP contribution in [0.25, 0.3) is 0 Å². The molecule has 0 radical (unpaired) electrons. The SMILES string of the molecule is COc1cc(S(N)(=O)=O)cc(NC(=O)OC(C)(C)C)c1O. The molecule has 1 rings (SSSR count). The zero-order chi connectivity index (χ0) is 16.4. The van der Waals surface area contributed by atoms with Gasteiger partial charge < -0.3 is 14.6 Å². The summed E-state index contributed by atoms with van der Waals surface area (Å²) in [6.45, 7) is 4.98. The largest absolute Gasteiger partial charge is 0.503 e. The number of carbonyl (C=O) groups excluding carboxylic acids is 1. The van der Waals surface area contributed by atoms with Crippen LogP contribution in [0.5, 0.6) is 11.5 Å². The van der Waals surface area contributed by atoms with E-state index in [0.29, 0.717) is 0 Å². The number of phenolic OH excluding ortho intramolecular Hbond substituents is 1. The number of hydrogen-bond acceptors (Lipinski definition) is 6. The Hall–Kier alpha value is -2.00. The third-order valence-corrected chi connectivity index (χ3v) is 3.13. The van der Waals surface area contributed by atoms with E-state index in [1.54, 1.807) is 20.8 Å². The fourth-order valence-electron chi connectivity index (χ4n) is 1.41. The van der Waals surface area contributed by atoms with E-state index in [0.717, 1.165) is 12.1 Å². The molecule has 0 fully saturated rings. The van der Waals surface area contributed by atoms with Gasteiger partial charge in [0, 0.05) is 6.07 Å². The molecule has 0 aromatic heterocycles. The molecular formula is C12H18N2O6S. The van der Waals surface area contributed by atoms with Gasteiger partial charge >= 0.3 is 6.09 Å². The van der Waals surface area contributed by atoms with Crippen LogP contribution >= 0.6 is 0 Å². The molecular weight excluding hydrogens is 300 g/mol. The highest BCUT2D eigenvalue weighted by Crippen LogP contribution is 2.36. The molecule has 9 heteroatoms. The number of methoxy groups -OCH3 is 1. The topological polar surface area (TPSA) is 128 Å². The second-order valence-electron chi connectivity index (χ2n) is 5.19. The number of anilines is 1. The van der Waals surface area contributed by atoms with E-state index >= 15 is 0 Å². The van der Waals surface area contributed by atoms with Crippen LogP contribution in [0, 0.1) is 0 Å². The molecule has 0 aliphatic rings. The monoisotopic (exact) mass is 318 g/mol. The first-order chi connectivity index (χ1) is 9.44. The van der Waals surface area contributed by atoms with Crippen molar-refractivity contribution < 1.29 is 27.8 Å². The summed E-state index contributed by atoms with van der Waals surface area (Å²) in [6.07, 6.45) is -0.855. The number of amides is 1. The highest BCUT2D eigenvalue weighted by molar-refractivity contribution is 7.89. The molecule has 118 valence electrons. The number of rotatable bonds is 3. The van der Waals surface area contributed by atoms with Gasteiger partial charge in [0.1, 0.15) is 5.60 Å². The van der Waals surface area contributed by atoms with Crippen molar-refractivity contribution in [2.45, 2.75) is 31.3 Å². The molecule has 0 saturated heterocycles. The van der Waals surface area contributed by atoms with E-state index < -0.39 is 27.5 Å². The molecule has 0 aliphatic carbocycles. The average Bonchev–Trinajstić information content (AvgIpc) is 2.27. The molecule has 0 heterocycles. The van der Waals surface area contributed by atoms with Gasteiger partial charge in [0.05, 0.1) is 17.7 Å². The summed E-state index contributed by atoms with van der Waals surface area (Å²) in [5.74, 6) is -0.580. The Morgan fingerprint density at radius 1 is 1.33 bits per heavy atom. The Labute approximate surface area is 122 Å². The number of sulfonamides is 1. The van der Waals surface area contributed by atoms with E-state index in [4.69, 9.17) is 14.6 Å². The normalized spacial score (nSPS) is 11.9. The lowest BCUT2D eigenvalue weighted by Gasteiger charge is -2.20. The standard InChI is InChI=1S/C12H18N2O6S/c1-12(2,3)20-11(16)14-8-5-7(21(13,17)18)6-9(19-4)10(8)15/h5-6,15H,1-4H3,(H,14,16)(H2,13,17,18). The van der Waals surface area contributed by atoms with Crippen LogP contribution < -0.4 is 15.2 Å². The van der Waals surface area contributed by atoms with Crippen LogP contribution in [0.2, 0.25) is 0 Å². The molecule has 0 aliphatic heterocycles. The molecule has 0 unspecified atom stereocenters. The van der Waals surface area contributed by atoms with Crippen LogP contribution in [-0.4, -0.2) is 32.3 Å². The smallest absolute Gasteiger partial charge is 0.412 e. The molecule has 8 nitrogen and oxygen atoms in total. The molecule has 21 heavy (non-hydrogen) atoms. The van der Waals surface area contributed by atoms with Crippen molar-refractivity contribution in [3.05, 3.63) is 12.1 Å². The lowest BCUT2D eigenvalue weighted by atomic mass is 10.2. The third-order valence-electron chi connectivity index (χ3n) is 2.23. The van der Waals surface area contributed by atoms with Gasteiger partial charge in [-0.2, -0.15) is 0 Å². The van der Waals surface area contributed by atoms with E-state index in [9.17, 15) is 18.3 Å². The second kappa shape index (κ2) is 5.78. The number of hydrogen-bond donors (Lipinski definition) is 3. The third kappa shape index (κ3) is 4.80. The van der Waals surface area contributed by atoms with Crippen LogP contribution in [0.15, 0.2) is 17.0 Å². The first-order valence-electron chi connectivity index (χ1n) is 5.88. The molecule has 1 aromatic rings. The Morgan fingerprint density at radius 3 is 2.33 bits per heavy atom. The quantitative estimate of drug-likeness (QED) is 0.723. The summed E-state index contributed by atoms with van der Waals surface area (Å²) in [5, 5.41) is 17.2. The predicted molar refractivity (Wildman–Crippen MR) is 75.9 cm³/mol. The van der Waals surface area contributed by atoms with Crippen molar-refractivity contribution in [3.8, 4) is 11.5 Å². The lowest BCUT2D eigenvalue weighted by Crippen LogP contribution is -2.27. The van der Waals surface area contributed by atoms with Crippen LogP contribution in [-0.2, 0) is 14.8 Å². The maximum atomic E-state index is 11.7. The molecule has 0 atom stereocenters. The number of nitrogens with two attached hydrogens (primary N) is 1. The fourth-order valence-corrected chi connectivity index (χ4v) is 1.96. The van der Waals surface area contributed by atoms with Gasteiger partial charge in [-0.15, -0.1) is 0 Å². The Kier molecular flexibility index (Phi) is 4.69. The minimum Gasteiger partial charge on any atom is -0.503 e. The number of aromatic hydroxyl groups is 1. The Bertz CT molecular complexity index is 648. The van der Waals surface area contributed by atoms with Crippen LogP contribution in [0.1, 0.15) is 20.8 Å². The maximum absolute atomic E-state index is 11.7. The van der Waals surface area contributed by atoms with E-state index in [-0.39, 0.29) is 16.3 Å². The second-order valence-corrected chi connectivity index (χ2v) is 6.76. The van der Waals surface area contributed by atoms with Crippen LogP contribution in [0.4, 0.5) is 10.5 Å². The predicted octanol–water partition coefficient (Wildman–Crippen LogP) is 1.40. The van der Waals surface area contributed by atoms with Gasteiger partial charge in [0.25, 0.3) is 0 Å². The van der Waals surface area contributed by atoms with Crippen molar-refractivity contribution in [2.75, 3.05) is 12.4 Å². The summed E-state index contributed by atoms with van der Waals surface area (Å²) in [6, 6.07) is 2.06. The number of ether oxygens (including phenoxy) is 2. The number of carbonyl (C=O) groups is 1. The minimum absolute atomic E-state index is 0.146. The summed E-state index contributed by atoms with van der Waals surface area (Å²) < 4.78 is 32.6. The maximum Gasteiger partial charge on any atom is 0.412 e. The van der Waals surface area contributed by atoms with Gasteiger partial charge in [-0.05, 0) is 26.8 Å². The van der Waals surface area contributed by atoms with Crippen molar-refractivity contribution in [3.63, 3.8) is 0 Å². The molecule has 0 spiro atoms. The molecule has 0 saturated carbocycles. The summed E-state index contributed by atoms with van der Waals surface area (Å²) in [7, 11) is -2.79. The van der Waals surface area contributed by atoms with E-state index in [1.807, 2.05) is 0 Å². The summed E-state index contributed by atoms with van der Waals surface area (Å²) in [5.41, 5.74) is -0.936. The van der Waals surface area contributed by atoms with Gasteiger partial charge in [0.15, 0.2) is 11.5 Å². The number of phenols is 1. The number of nitrogens with one attached hydrogen (secondary N) is 1. The zero-order valence-electron chi connectivity index (χ0n) is 12.1. The average molecular weight is 318 g/mol. The summed E-state index contributed by atoms with van der Waals surface area (Å²) >= 11 is 0. The molecule has 1 amide bonds. The van der Waals surface area contributed by atoms with E-state index in [1.165, 1.54) is 7.11 Å². The summed E-state index contributed by atoms with van der Waals surface area (Å²) in [4.78, 5) is 11.4. The minimum atomic E-state index is -4.03. The number of benzene rings is 1. The Morgan fingerprint density at radius 2 is 1.90 bits per heavy atom. The lowest BCUT2D eigenvalue weighted by molar-refractivity contribution is 0.0635. The van der Waals surface area contributed by atoms with Crippen molar-refractivity contribution in [1.82, 2.24) is 0 Å². The van der Waals surface area contributed by atoms with E-state index in [2.05, 4.69) is 5.32 Å². The molecule has 4 N–H and O–H groups in total. The van der Waals surface area contributed by atoms with Crippen molar-refractivity contribution in [1.29, 1.82) is 0 Å². The Balaban J connectivity index is 3.20. The van der Waals surface area contributed by atoms with Crippen molar-refractivity contribution in [2.24, 2.45) is 5.14 Å². The first-order valence-corrected chi connectivity index (χ1v) is 7.42. The van der Waals surface area contributed by atoms with Crippen LogP contribution in [0.3, 0.4) is 0 Å². The van der Waals surface area contributed by atoms with Gasteiger partial charge in [0.2, 0.25) is 10.0 Å². The van der Waals surface area contributed by atoms with Crippen molar-refractivity contribution >= 4 is 21.8 Å². The van der Waals surface area contributed by atoms with Gasteiger partial charge in [-0.1, -0.05) is 0 Å². The zero-order valence-corrected chi connectivity index (χ0v) is 12.9. The molecule has 1 aromatic carbocycles. The highest BCUT2D eigenvalue weighted by Gasteiger charge is 2.21.